The lowest BCUT2D eigenvalue weighted by Gasteiger charge is -2.38. The van der Waals surface area contributed by atoms with E-state index in [2.05, 4.69) is 15.3 Å². The van der Waals surface area contributed by atoms with Crippen LogP contribution in [0, 0.1) is 5.82 Å². The van der Waals surface area contributed by atoms with Crippen LogP contribution in [0.25, 0.3) is 0 Å². The van der Waals surface area contributed by atoms with Gasteiger partial charge in [-0.1, -0.05) is 24.6 Å². The van der Waals surface area contributed by atoms with Crippen molar-refractivity contribution in [2.45, 2.75) is 56.7 Å². The summed E-state index contributed by atoms with van der Waals surface area (Å²) in [4.78, 5) is 36.6. The Balaban J connectivity index is 1.51. The molecule has 180 valence electrons. The number of likely N-dealkylation sites (tertiary alicyclic amines) is 1. The third-order valence-corrected chi connectivity index (χ3v) is 6.90. The average Bonchev–Trinajstić information content (AvgIpc) is 3.12. The molecule has 2 amide bonds. The molecule has 0 saturated carbocycles. The minimum Gasteiger partial charge on any atom is -0.424 e. The van der Waals surface area contributed by atoms with Gasteiger partial charge in [-0.05, 0) is 68.1 Å². The van der Waals surface area contributed by atoms with Gasteiger partial charge in [0.1, 0.15) is 11.6 Å². The second-order valence-electron chi connectivity index (χ2n) is 9.37. The summed E-state index contributed by atoms with van der Waals surface area (Å²) >= 11 is 0. The van der Waals surface area contributed by atoms with E-state index in [1.807, 2.05) is 11.8 Å². The molecule has 0 unspecified atom stereocenters. The fourth-order valence-electron chi connectivity index (χ4n) is 5.29. The van der Waals surface area contributed by atoms with E-state index in [0.717, 1.165) is 24.8 Å². The number of rotatable bonds is 4. The number of aromatic nitrogens is 2. The zero-order valence-corrected chi connectivity index (χ0v) is 19.5. The number of hydrogen-bond acceptors (Lipinski definition) is 5. The second-order valence-corrected chi connectivity index (χ2v) is 9.37. The first-order valence-electron chi connectivity index (χ1n) is 11.9. The third kappa shape index (κ3) is 4.73. The van der Waals surface area contributed by atoms with E-state index in [1.54, 1.807) is 54.9 Å². The molecule has 35 heavy (non-hydrogen) atoms. The van der Waals surface area contributed by atoms with Gasteiger partial charge in [0.05, 0.1) is 17.6 Å². The second kappa shape index (κ2) is 9.44. The first kappa shape index (κ1) is 23.0. The first-order valence-corrected chi connectivity index (χ1v) is 11.9. The van der Waals surface area contributed by atoms with Gasteiger partial charge in [-0.2, -0.15) is 0 Å². The van der Waals surface area contributed by atoms with Gasteiger partial charge in [0.15, 0.2) is 0 Å². The molecular formula is C27H27FN4O3. The van der Waals surface area contributed by atoms with Crippen LogP contribution < -0.4 is 10.1 Å². The minimum atomic E-state index is -0.585. The highest BCUT2D eigenvalue weighted by atomic mass is 19.1. The number of halogens is 1. The molecule has 1 aromatic heterocycles. The van der Waals surface area contributed by atoms with Crippen molar-refractivity contribution >= 4 is 11.8 Å². The Morgan fingerprint density at radius 3 is 2.66 bits per heavy atom. The van der Waals surface area contributed by atoms with Crippen molar-refractivity contribution in [3.63, 3.8) is 0 Å². The molecule has 1 N–H and O–H groups in total. The summed E-state index contributed by atoms with van der Waals surface area (Å²) in [6.07, 6.45) is 6.60. The lowest BCUT2D eigenvalue weighted by atomic mass is 9.85. The molecule has 0 spiro atoms. The van der Waals surface area contributed by atoms with Crippen molar-refractivity contribution in [1.29, 1.82) is 0 Å². The summed E-state index contributed by atoms with van der Waals surface area (Å²) in [5.41, 5.74) is 0.716. The molecule has 2 saturated heterocycles. The fraction of sp³-hybridized carbons (Fsp3) is 0.333. The molecule has 2 aromatic carbocycles. The summed E-state index contributed by atoms with van der Waals surface area (Å²) in [5, 5.41) is 3.20. The van der Waals surface area contributed by atoms with Crippen LogP contribution >= 0.6 is 0 Å². The Morgan fingerprint density at radius 1 is 1.11 bits per heavy atom. The smallest absolute Gasteiger partial charge is 0.321 e. The van der Waals surface area contributed by atoms with Crippen molar-refractivity contribution in [1.82, 2.24) is 20.2 Å². The van der Waals surface area contributed by atoms with Crippen molar-refractivity contribution in [3.8, 4) is 11.8 Å². The van der Waals surface area contributed by atoms with E-state index in [-0.39, 0.29) is 35.7 Å². The number of carbonyl (C=O) groups is 2. The topological polar surface area (TPSA) is 84.4 Å². The molecule has 0 bridgehead atoms. The number of nitrogens with one attached hydrogen (secondary N) is 1. The van der Waals surface area contributed by atoms with E-state index in [1.165, 1.54) is 12.1 Å². The molecule has 5 rings (SSSR count). The Hall–Kier alpha value is -3.81. The van der Waals surface area contributed by atoms with Gasteiger partial charge in [0.25, 0.3) is 5.91 Å². The third-order valence-electron chi connectivity index (χ3n) is 6.90. The summed E-state index contributed by atoms with van der Waals surface area (Å²) in [6, 6.07) is 14.6. The van der Waals surface area contributed by atoms with Crippen LogP contribution in [0.2, 0.25) is 0 Å². The zero-order chi connectivity index (χ0) is 24.4. The van der Waals surface area contributed by atoms with Crippen molar-refractivity contribution in [3.05, 3.63) is 83.9 Å². The standard InChI is InChI=1S/C27H27FN4O3/c1-27-17-22(18-10-12-20(28)13-11-18)32(23(27)8-2-3-9-24(33)31-27)25(34)19-6-4-7-21(16-19)35-26-29-14-5-15-30-26/h4-7,10-16,22-23H,2-3,8-9,17H2,1H3,(H,31,33)/t22-,23-,27-/m0/s1. The number of amides is 2. The normalized spacial score (nSPS) is 24.2. The van der Waals surface area contributed by atoms with E-state index >= 15 is 0 Å². The van der Waals surface area contributed by atoms with Gasteiger partial charge < -0.3 is 15.0 Å². The maximum atomic E-state index is 14.0. The van der Waals surface area contributed by atoms with Crippen LogP contribution in [-0.4, -0.2) is 38.3 Å². The SMILES string of the molecule is C[C@]12C[C@@H](c3ccc(F)cc3)N(C(=O)c3cccc(Oc4ncccn4)c3)[C@H]1CCCCC(=O)N2. The van der Waals surface area contributed by atoms with E-state index in [0.29, 0.717) is 24.2 Å². The first-order chi connectivity index (χ1) is 16.9. The Labute approximate surface area is 203 Å². The van der Waals surface area contributed by atoms with Crippen LogP contribution in [0.3, 0.4) is 0 Å². The van der Waals surface area contributed by atoms with Gasteiger partial charge in [-0.3, -0.25) is 9.59 Å². The largest absolute Gasteiger partial charge is 0.424 e. The number of hydrogen-bond donors (Lipinski definition) is 1. The summed E-state index contributed by atoms with van der Waals surface area (Å²) in [7, 11) is 0. The summed E-state index contributed by atoms with van der Waals surface area (Å²) in [5.74, 6) is -0.0404. The summed E-state index contributed by atoms with van der Waals surface area (Å²) in [6.45, 7) is 2.01. The molecule has 0 aliphatic carbocycles. The maximum absolute atomic E-state index is 14.0. The van der Waals surface area contributed by atoms with Gasteiger partial charge >= 0.3 is 6.01 Å². The summed E-state index contributed by atoms with van der Waals surface area (Å²) < 4.78 is 19.4. The zero-order valence-electron chi connectivity index (χ0n) is 19.5. The fourth-order valence-corrected chi connectivity index (χ4v) is 5.29. The highest BCUT2D eigenvalue weighted by Crippen LogP contribution is 2.46. The van der Waals surface area contributed by atoms with Crippen LogP contribution in [0.5, 0.6) is 11.8 Å². The molecule has 8 heteroatoms. The molecule has 2 fully saturated rings. The molecule has 3 atom stereocenters. The van der Waals surface area contributed by atoms with E-state index < -0.39 is 5.54 Å². The van der Waals surface area contributed by atoms with Gasteiger partial charge in [-0.15, -0.1) is 0 Å². The highest BCUT2D eigenvalue weighted by molar-refractivity contribution is 5.95. The number of ether oxygens (including phenoxy) is 1. The molecule has 0 radical (unpaired) electrons. The molecule has 2 aliphatic rings. The predicted octanol–water partition coefficient (Wildman–Crippen LogP) is 4.81. The Morgan fingerprint density at radius 2 is 1.89 bits per heavy atom. The lowest BCUT2D eigenvalue weighted by molar-refractivity contribution is -0.123. The predicted molar refractivity (Wildman–Crippen MR) is 127 cm³/mol. The monoisotopic (exact) mass is 474 g/mol. The molecule has 2 aliphatic heterocycles. The molecular weight excluding hydrogens is 447 g/mol. The van der Waals surface area contributed by atoms with Gasteiger partial charge in [0, 0.05) is 24.4 Å². The molecule has 3 aromatic rings. The van der Waals surface area contributed by atoms with Gasteiger partial charge in [-0.25, -0.2) is 14.4 Å². The lowest BCUT2D eigenvalue weighted by Crippen LogP contribution is -2.56. The number of nitrogens with zero attached hydrogens (tertiary/aromatic N) is 3. The van der Waals surface area contributed by atoms with Crippen LogP contribution in [0.15, 0.2) is 67.0 Å². The minimum absolute atomic E-state index is 0.00242. The number of carbonyl (C=O) groups excluding carboxylic acids is 2. The van der Waals surface area contributed by atoms with Crippen molar-refractivity contribution in [2.24, 2.45) is 0 Å². The van der Waals surface area contributed by atoms with Crippen molar-refractivity contribution in [2.75, 3.05) is 0 Å². The van der Waals surface area contributed by atoms with E-state index in [4.69, 9.17) is 4.74 Å². The van der Waals surface area contributed by atoms with Crippen molar-refractivity contribution < 1.29 is 18.7 Å². The van der Waals surface area contributed by atoms with Gasteiger partial charge in [0.2, 0.25) is 5.91 Å². The van der Waals surface area contributed by atoms with E-state index in [9.17, 15) is 14.0 Å². The van der Waals surface area contributed by atoms with Crippen LogP contribution in [0.4, 0.5) is 4.39 Å². The van der Waals surface area contributed by atoms with Crippen LogP contribution in [0.1, 0.15) is 61.0 Å². The maximum Gasteiger partial charge on any atom is 0.321 e. The Bertz CT molecular complexity index is 1220. The molecule has 3 heterocycles. The average molecular weight is 475 g/mol. The quantitative estimate of drug-likeness (QED) is 0.587. The van der Waals surface area contributed by atoms with Crippen LogP contribution in [-0.2, 0) is 4.79 Å². The highest BCUT2D eigenvalue weighted by Gasteiger charge is 2.52. The number of benzene rings is 2. The number of fused-ring (bicyclic) bond motifs is 1. The molecule has 7 nitrogen and oxygen atoms in total. The Kier molecular flexibility index (Phi) is 6.19.